The van der Waals surface area contributed by atoms with Crippen molar-refractivity contribution in [2.24, 2.45) is 0 Å². The summed E-state index contributed by atoms with van der Waals surface area (Å²) in [7, 11) is -5.52. The van der Waals surface area contributed by atoms with Crippen LogP contribution in [0.25, 0.3) is 12.2 Å². The third-order valence-electron chi connectivity index (χ3n) is 2.89. The zero-order valence-electron chi connectivity index (χ0n) is 10.9. The summed E-state index contributed by atoms with van der Waals surface area (Å²) in [5.41, 5.74) is -3.26. The average molecular weight is 310 g/mol. The molecule has 0 heterocycles. The summed E-state index contributed by atoms with van der Waals surface area (Å²) in [5, 5.41) is 0. The standard InChI is InChI=1S/C15H13F2O3P/c16-15(17,21(18,19)20)14-10-8-13(9-11-14)7-6-12-4-2-1-3-5-12/h1-11H,(H2,18,19,20)/b7-6+. The third-order valence-corrected chi connectivity index (χ3v) is 3.88. The molecule has 0 saturated carbocycles. The highest BCUT2D eigenvalue weighted by molar-refractivity contribution is 7.52. The molecule has 110 valence electrons. The Morgan fingerprint density at radius 1 is 0.857 bits per heavy atom. The van der Waals surface area contributed by atoms with Crippen molar-refractivity contribution < 1.29 is 23.1 Å². The largest absolute Gasteiger partial charge is 0.399 e. The van der Waals surface area contributed by atoms with Crippen molar-refractivity contribution in [2.45, 2.75) is 5.66 Å². The second-order valence-electron chi connectivity index (χ2n) is 4.45. The zero-order chi connectivity index (χ0) is 15.5. The van der Waals surface area contributed by atoms with Gasteiger partial charge in [-0.2, -0.15) is 8.78 Å². The lowest BCUT2D eigenvalue weighted by atomic mass is 10.1. The maximum Gasteiger partial charge on any atom is 0.399 e. The Morgan fingerprint density at radius 3 is 1.81 bits per heavy atom. The van der Waals surface area contributed by atoms with Crippen LogP contribution in [0.5, 0.6) is 0 Å². The van der Waals surface area contributed by atoms with E-state index < -0.39 is 18.8 Å². The van der Waals surface area contributed by atoms with E-state index in [1.807, 2.05) is 36.4 Å². The molecule has 0 unspecified atom stereocenters. The predicted molar refractivity (Wildman–Crippen MR) is 77.8 cm³/mol. The molecule has 0 spiro atoms. The van der Waals surface area contributed by atoms with E-state index in [-0.39, 0.29) is 0 Å². The fourth-order valence-electron chi connectivity index (χ4n) is 1.72. The maximum absolute atomic E-state index is 13.5. The van der Waals surface area contributed by atoms with Gasteiger partial charge in [-0.3, -0.25) is 4.57 Å². The summed E-state index contributed by atoms with van der Waals surface area (Å²) in [4.78, 5) is 17.3. The van der Waals surface area contributed by atoms with E-state index in [0.717, 1.165) is 17.7 Å². The van der Waals surface area contributed by atoms with Gasteiger partial charge in [-0.05, 0) is 11.1 Å². The van der Waals surface area contributed by atoms with E-state index in [4.69, 9.17) is 9.79 Å². The molecule has 0 aliphatic heterocycles. The van der Waals surface area contributed by atoms with Crippen LogP contribution in [0.3, 0.4) is 0 Å². The van der Waals surface area contributed by atoms with Crippen LogP contribution in [0.1, 0.15) is 16.7 Å². The Balaban J connectivity index is 2.20. The summed E-state index contributed by atoms with van der Waals surface area (Å²) in [5.74, 6) is 0. The first-order valence-corrected chi connectivity index (χ1v) is 7.69. The van der Waals surface area contributed by atoms with Gasteiger partial charge in [0.05, 0.1) is 0 Å². The number of halogens is 2. The lowest BCUT2D eigenvalue weighted by Crippen LogP contribution is -2.13. The molecular formula is C15H13F2O3P. The molecule has 0 bridgehead atoms. The van der Waals surface area contributed by atoms with Crippen LogP contribution >= 0.6 is 7.60 Å². The Kier molecular flexibility index (Phi) is 4.37. The van der Waals surface area contributed by atoms with Gasteiger partial charge in [0.25, 0.3) is 0 Å². The number of hydrogen-bond acceptors (Lipinski definition) is 1. The summed E-state index contributed by atoms with van der Waals surface area (Å²) >= 11 is 0. The lowest BCUT2D eigenvalue weighted by molar-refractivity contribution is 0.0564. The summed E-state index contributed by atoms with van der Waals surface area (Å²) in [6, 6.07) is 14.2. The summed E-state index contributed by atoms with van der Waals surface area (Å²) < 4.78 is 37.7. The number of rotatable bonds is 4. The van der Waals surface area contributed by atoms with Crippen LogP contribution < -0.4 is 0 Å². The van der Waals surface area contributed by atoms with Crippen molar-refractivity contribution in [1.82, 2.24) is 0 Å². The van der Waals surface area contributed by atoms with Crippen molar-refractivity contribution in [3.05, 3.63) is 71.3 Å². The van der Waals surface area contributed by atoms with Crippen LogP contribution in [0.4, 0.5) is 8.78 Å². The minimum absolute atomic E-state index is 0.657. The third kappa shape index (κ3) is 3.64. The summed E-state index contributed by atoms with van der Waals surface area (Å²) in [6.07, 6.45) is 3.55. The monoisotopic (exact) mass is 310 g/mol. The molecule has 2 N–H and O–H groups in total. The van der Waals surface area contributed by atoms with E-state index in [1.54, 1.807) is 6.08 Å². The topological polar surface area (TPSA) is 57.5 Å². The van der Waals surface area contributed by atoms with Crippen molar-refractivity contribution in [1.29, 1.82) is 0 Å². The van der Waals surface area contributed by atoms with Gasteiger partial charge >= 0.3 is 13.3 Å². The first-order chi connectivity index (χ1) is 9.80. The molecule has 0 amide bonds. The molecule has 0 aliphatic rings. The molecule has 0 atom stereocenters. The van der Waals surface area contributed by atoms with Gasteiger partial charge in [0.2, 0.25) is 0 Å². The van der Waals surface area contributed by atoms with Crippen molar-refractivity contribution in [3.8, 4) is 0 Å². The first-order valence-electron chi connectivity index (χ1n) is 6.08. The fourth-order valence-corrected chi connectivity index (χ4v) is 2.20. The second kappa shape index (κ2) is 5.90. The number of benzene rings is 2. The molecule has 0 saturated heterocycles. The molecule has 0 aromatic heterocycles. The fraction of sp³-hybridized carbons (Fsp3) is 0.0667. The van der Waals surface area contributed by atoms with Crippen LogP contribution in [-0.2, 0) is 10.2 Å². The first kappa shape index (κ1) is 15.6. The quantitative estimate of drug-likeness (QED) is 0.661. The average Bonchev–Trinajstić information content (AvgIpc) is 2.45. The smallest absolute Gasteiger partial charge is 0.320 e. The van der Waals surface area contributed by atoms with Crippen molar-refractivity contribution in [2.75, 3.05) is 0 Å². The second-order valence-corrected chi connectivity index (χ2v) is 6.10. The van der Waals surface area contributed by atoms with E-state index >= 15 is 0 Å². The van der Waals surface area contributed by atoms with E-state index in [2.05, 4.69) is 0 Å². The Hall–Kier alpha value is -1.81. The van der Waals surface area contributed by atoms with Crippen molar-refractivity contribution in [3.63, 3.8) is 0 Å². The van der Waals surface area contributed by atoms with E-state index in [0.29, 0.717) is 5.56 Å². The van der Waals surface area contributed by atoms with Gasteiger partial charge < -0.3 is 9.79 Å². The molecule has 0 aliphatic carbocycles. The molecule has 0 fully saturated rings. The highest BCUT2D eigenvalue weighted by atomic mass is 31.2. The van der Waals surface area contributed by atoms with Gasteiger partial charge in [-0.25, -0.2) is 0 Å². The highest BCUT2D eigenvalue weighted by Gasteiger charge is 2.50. The van der Waals surface area contributed by atoms with Crippen LogP contribution in [0.2, 0.25) is 0 Å². The lowest BCUT2D eigenvalue weighted by Gasteiger charge is -2.17. The normalized spacial score (nSPS) is 12.8. The SMILES string of the molecule is O=P(O)(O)C(F)(F)c1ccc(/C=C/c2ccccc2)cc1. The molecular weight excluding hydrogens is 297 g/mol. The molecule has 21 heavy (non-hydrogen) atoms. The maximum atomic E-state index is 13.5. The van der Waals surface area contributed by atoms with Gasteiger partial charge in [0.1, 0.15) is 0 Å². The van der Waals surface area contributed by atoms with E-state index in [9.17, 15) is 13.3 Å². The highest BCUT2D eigenvalue weighted by Crippen LogP contribution is 2.59. The molecule has 2 aromatic carbocycles. The number of alkyl halides is 2. The molecule has 2 rings (SSSR count). The molecule has 0 radical (unpaired) electrons. The van der Waals surface area contributed by atoms with Crippen LogP contribution in [0, 0.1) is 0 Å². The summed E-state index contributed by atoms with van der Waals surface area (Å²) in [6.45, 7) is 0. The zero-order valence-corrected chi connectivity index (χ0v) is 11.8. The van der Waals surface area contributed by atoms with Crippen LogP contribution in [0.15, 0.2) is 54.6 Å². The van der Waals surface area contributed by atoms with Gasteiger partial charge in [-0.15, -0.1) is 0 Å². The van der Waals surface area contributed by atoms with Crippen molar-refractivity contribution >= 4 is 19.7 Å². The molecule has 2 aromatic rings. The molecule has 6 heteroatoms. The Morgan fingerprint density at radius 2 is 1.33 bits per heavy atom. The predicted octanol–water partition coefficient (Wildman–Crippen LogP) is 4.08. The number of hydrogen-bond donors (Lipinski definition) is 2. The van der Waals surface area contributed by atoms with Gasteiger partial charge in [0, 0.05) is 5.56 Å². The van der Waals surface area contributed by atoms with Gasteiger partial charge in [0.15, 0.2) is 0 Å². The van der Waals surface area contributed by atoms with Crippen LogP contribution in [-0.4, -0.2) is 9.79 Å². The minimum Gasteiger partial charge on any atom is -0.320 e. The Bertz CT molecular complexity index is 676. The van der Waals surface area contributed by atoms with Gasteiger partial charge in [-0.1, -0.05) is 66.7 Å². The minimum atomic E-state index is -5.52. The Labute approximate surface area is 120 Å². The molecule has 3 nitrogen and oxygen atoms in total. The van der Waals surface area contributed by atoms with E-state index in [1.165, 1.54) is 12.1 Å².